The van der Waals surface area contributed by atoms with Crippen molar-refractivity contribution in [2.75, 3.05) is 11.4 Å². The van der Waals surface area contributed by atoms with E-state index in [4.69, 9.17) is 5.11 Å². The van der Waals surface area contributed by atoms with Crippen molar-refractivity contribution >= 4 is 17.7 Å². The van der Waals surface area contributed by atoms with Crippen LogP contribution in [0.4, 0.5) is 10.5 Å². The zero-order valence-corrected chi connectivity index (χ0v) is 11.6. The van der Waals surface area contributed by atoms with Gasteiger partial charge in [0.15, 0.2) is 0 Å². The number of nitrogens with one attached hydrogen (secondary N) is 1. The fraction of sp³-hybridized carbons (Fsp3) is 0.467. The molecule has 0 bridgehead atoms. The van der Waals surface area contributed by atoms with Gasteiger partial charge in [-0.15, -0.1) is 0 Å². The molecule has 2 amide bonds. The van der Waals surface area contributed by atoms with Crippen molar-refractivity contribution in [2.24, 2.45) is 0 Å². The second-order valence-corrected chi connectivity index (χ2v) is 5.01. The van der Waals surface area contributed by atoms with E-state index in [1.54, 1.807) is 4.90 Å². The van der Waals surface area contributed by atoms with Crippen LogP contribution in [0, 0.1) is 0 Å². The minimum absolute atomic E-state index is 0.321. The number of para-hydroxylation sites is 1. The zero-order valence-electron chi connectivity index (χ0n) is 11.6. The van der Waals surface area contributed by atoms with Crippen LogP contribution in [0.1, 0.15) is 31.7 Å². The number of carboxylic acid groups (broad SMARTS) is 1. The number of aliphatic carboxylic acids is 1. The van der Waals surface area contributed by atoms with Crippen molar-refractivity contribution in [3.05, 3.63) is 29.8 Å². The molecule has 0 aliphatic carbocycles. The van der Waals surface area contributed by atoms with Crippen LogP contribution in [-0.2, 0) is 11.2 Å². The highest BCUT2D eigenvalue weighted by molar-refractivity contribution is 5.95. The molecule has 20 heavy (non-hydrogen) atoms. The Kier molecular flexibility index (Phi) is 4.61. The van der Waals surface area contributed by atoms with E-state index in [1.807, 2.05) is 31.2 Å². The van der Waals surface area contributed by atoms with E-state index in [1.165, 1.54) is 0 Å². The van der Waals surface area contributed by atoms with Crippen LogP contribution in [0.2, 0.25) is 0 Å². The molecule has 2 rings (SSSR count). The van der Waals surface area contributed by atoms with E-state index < -0.39 is 12.0 Å². The molecule has 1 heterocycles. The molecule has 1 aliphatic rings. The number of fused-ring (bicyclic) bond motifs is 1. The fourth-order valence-electron chi connectivity index (χ4n) is 2.52. The highest BCUT2D eigenvalue weighted by atomic mass is 16.4. The molecule has 108 valence electrons. The molecule has 1 unspecified atom stereocenters. The molecule has 2 N–H and O–H groups in total. The monoisotopic (exact) mass is 276 g/mol. The minimum Gasteiger partial charge on any atom is -0.480 e. The summed E-state index contributed by atoms with van der Waals surface area (Å²) < 4.78 is 0. The Morgan fingerprint density at radius 2 is 2.15 bits per heavy atom. The number of hydrogen-bond acceptors (Lipinski definition) is 2. The summed E-state index contributed by atoms with van der Waals surface area (Å²) in [5, 5.41) is 11.7. The quantitative estimate of drug-likeness (QED) is 0.887. The summed E-state index contributed by atoms with van der Waals surface area (Å²) in [6.07, 6.45) is 3.01. The van der Waals surface area contributed by atoms with E-state index in [2.05, 4.69) is 5.32 Å². The number of carbonyl (C=O) groups is 2. The van der Waals surface area contributed by atoms with Crippen LogP contribution >= 0.6 is 0 Å². The molecule has 5 nitrogen and oxygen atoms in total. The topological polar surface area (TPSA) is 69.6 Å². The van der Waals surface area contributed by atoms with Gasteiger partial charge in [0.2, 0.25) is 0 Å². The highest BCUT2D eigenvalue weighted by Gasteiger charge is 2.26. The molecular weight excluding hydrogens is 256 g/mol. The Morgan fingerprint density at radius 3 is 2.85 bits per heavy atom. The van der Waals surface area contributed by atoms with E-state index in [0.29, 0.717) is 19.4 Å². The third-order valence-corrected chi connectivity index (χ3v) is 3.53. The van der Waals surface area contributed by atoms with Gasteiger partial charge in [-0.3, -0.25) is 4.90 Å². The average molecular weight is 276 g/mol. The van der Waals surface area contributed by atoms with Crippen LogP contribution in [0.15, 0.2) is 24.3 Å². The largest absolute Gasteiger partial charge is 0.480 e. The Hall–Kier alpha value is -2.04. The van der Waals surface area contributed by atoms with Gasteiger partial charge >= 0.3 is 12.0 Å². The van der Waals surface area contributed by atoms with Crippen molar-refractivity contribution in [3.8, 4) is 0 Å². The van der Waals surface area contributed by atoms with Crippen molar-refractivity contribution in [3.63, 3.8) is 0 Å². The standard InChI is InChI=1S/C15H20N2O3/c1-2-6-12(14(18)19)16-15(20)17-10-5-8-11-7-3-4-9-13(11)17/h3-4,7,9,12H,2,5-6,8,10H2,1H3,(H,16,20)(H,18,19). The summed E-state index contributed by atoms with van der Waals surface area (Å²) in [5.41, 5.74) is 2.02. The summed E-state index contributed by atoms with van der Waals surface area (Å²) in [4.78, 5) is 25.1. The molecule has 0 spiro atoms. The number of rotatable bonds is 4. The maximum absolute atomic E-state index is 12.3. The molecule has 0 aromatic heterocycles. The Bertz CT molecular complexity index is 502. The fourth-order valence-corrected chi connectivity index (χ4v) is 2.52. The lowest BCUT2D eigenvalue weighted by Crippen LogP contribution is -2.49. The van der Waals surface area contributed by atoms with Gasteiger partial charge < -0.3 is 10.4 Å². The first-order valence-electron chi connectivity index (χ1n) is 7.02. The van der Waals surface area contributed by atoms with E-state index in [9.17, 15) is 9.59 Å². The number of carbonyl (C=O) groups excluding carboxylic acids is 1. The van der Waals surface area contributed by atoms with E-state index in [0.717, 1.165) is 24.1 Å². The molecule has 5 heteroatoms. The summed E-state index contributed by atoms with van der Waals surface area (Å²) in [7, 11) is 0. The van der Waals surface area contributed by atoms with Gasteiger partial charge in [-0.1, -0.05) is 31.5 Å². The molecular formula is C15H20N2O3. The average Bonchev–Trinajstić information content (AvgIpc) is 2.46. The second kappa shape index (κ2) is 6.41. The van der Waals surface area contributed by atoms with Gasteiger partial charge in [0.1, 0.15) is 6.04 Å². The first-order valence-corrected chi connectivity index (χ1v) is 7.02. The van der Waals surface area contributed by atoms with Gasteiger partial charge in [0.25, 0.3) is 0 Å². The normalized spacial score (nSPS) is 15.3. The van der Waals surface area contributed by atoms with Crippen molar-refractivity contribution < 1.29 is 14.7 Å². The second-order valence-electron chi connectivity index (χ2n) is 5.01. The Morgan fingerprint density at radius 1 is 1.40 bits per heavy atom. The number of carboxylic acids is 1. The summed E-state index contributed by atoms with van der Waals surface area (Å²) in [6.45, 7) is 2.53. The molecule has 1 aromatic carbocycles. The molecule has 1 aromatic rings. The first kappa shape index (κ1) is 14.4. The summed E-state index contributed by atoms with van der Waals surface area (Å²) in [5.74, 6) is -0.981. The van der Waals surface area contributed by atoms with Crippen molar-refractivity contribution in [2.45, 2.75) is 38.6 Å². The van der Waals surface area contributed by atoms with Gasteiger partial charge in [0.05, 0.1) is 0 Å². The lowest BCUT2D eigenvalue weighted by molar-refractivity contribution is -0.139. The van der Waals surface area contributed by atoms with Gasteiger partial charge in [-0.05, 0) is 30.9 Å². The van der Waals surface area contributed by atoms with Gasteiger partial charge in [-0.25, -0.2) is 9.59 Å². The lowest BCUT2D eigenvalue weighted by atomic mass is 10.0. The van der Waals surface area contributed by atoms with Crippen LogP contribution in [-0.4, -0.2) is 29.7 Å². The van der Waals surface area contributed by atoms with Crippen LogP contribution in [0.25, 0.3) is 0 Å². The third kappa shape index (κ3) is 3.10. The summed E-state index contributed by atoms with van der Waals surface area (Å²) >= 11 is 0. The predicted molar refractivity (Wildman–Crippen MR) is 77.0 cm³/mol. The first-order chi connectivity index (χ1) is 9.63. The number of urea groups is 1. The lowest BCUT2D eigenvalue weighted by Gasteiger charge is -2.30. The smallest absolute Gasteiger partial charge is 0.326 e. The number of amides is 2. The molecule has 0 radical (unpaired) electrons. The van der Waals surface area contributed by atoms with Gasteiger partial charge in [0, 0.05) is 12.2 Å². The molecule has 0 saturated heterocycles. The molecule has 0 saturated carbocycles. The minimum atomic E-state index is -0.981. The highest BCUT2D eigenvalue weighted by Crippen LogP contribution is 2.26. The van der Waals surface area contributed by atoms with E-state index >= 15 is 0 Å². The summed E-state index contributed by atoms with van der Waals surface area (Å²) in [6, 6.07) is 6.63. The van der Waals surface area contributed by atoms with Crippen LogP contribution < -0.4 is 10.2 Å². The molecule has 0 fully saturated rings. The Labute approximate surface area is 118 Å². The number of aryl methyl sites for hydroxylation is 1. The number of anilines is 1. The maximum atomic E-state index is 12.3. The number of nitrogens with zero attached hydrogens (tertiary/aromatic N) is 1. The predicted octanol–water partition coefficient (Wildman–Crippen LogP) is 2.40. The van der Waals surface area contributed by atoms with Gasteiger partial charge in [-0.2, -0.15) is 0 Å². The van der Waals surface area contributed by atoms with Crippen molar-refractivity contribution in [1.82, 2.24) is 5.32 Å². The molecule has 1 atom stereocenters. The third-order valence-electron chi connectivity index (χ3n) is 3.53. The maximum Gasteiger partial charge on any atom is 0.326 e. The number of hydrogen-bond donors (Lipinski definition) is 2. The van der Waals surface area contributed by atoms with Crippen molar-refractivity contribution in [1.29, 1.82) is 0 Å². The zero-order chi connectivity index (χ0) is 14.5. The van der Waals surface area contributed by atoms with Crippen LogP contribution in [0.3, 0.4) is 0 Å². The Balaban J connectivity index is 2.12. The van der Waals surface area contributed by atoms with E-state index in [-0.39, 0.29) is 6.03 Å². The number of benzene rings is 1. The van der Waals surface area contributed by atoms with Crippen LogP contribution in [0.5, 0.6) is 0 Å². The molecule has 1 aliphatic heterocycles. The SMILES string of the molecule is CCCC(NC(=O)N1CCCc2ccccc21)C(=O)O.